The van der Waals surface area contributed by atoms with E-state index in [4.69, 9.17) is 5.73 Å². The molecule has 0 unspecified atom stereocenters. The standard InChI is InChI=1S/C20H24N6O/c1-2-8-25-9-11-26(12-10-25)17-7-6-14(13-22-17)20-23-16-5-3-4-15(19(21)27)18(16)24-20/h3-7,13H,2,8-12H2,1H3,(H2,21,27)(H,23,24). The summed E-state index contributed by atoms with van der Waals surface area (Å²) in [5.41, 5.74) is 8.13. The maximum absolute atomic E-state index is 11.6. The van der Waals surface area contributed by atoms with Gasteiger partial charge in [0.2, 0.25) is 0 Å². The molecular formula is C20H24N6O. The Morgan fingerprint density at radius 2 is 2.00 bits per heavy atom. The van der Waals surface area contributed by atoms with Crippen LogP contribution < -0.4 is 10.6 Å². The number of nitrogens with zero attached hydrogens (tertiary/aromatic N) is 4. The molecule has 1 saturated heterocycles. The van der Waals surface area contributed by atoms with Crippen LogP contribution in [0.2, 0.25) is 0 Å². The first-order valence-electron chi connectivity index (χ1n) is 9.38. The lowest BCUT2D eigenvalue weighted by molar-refractivity contribution is 0.100. The van der Waals surface area contributed by atoms with Gasteiger partial charge in [-0.25, -0.2) is 9.97 Å². The lowest BCUT2D eigenvalue weighted by Gasteiger charge is -2.35. The minimum atomic E-state index is -0.477. The van der Waals surface area contributed by atoms with E-state index in [2.05, 4.69) is 31.7 Å². The minimum Gasteiger partial charge on any atom is -0.366 e. The van der Waals surface area contributed by atoms with Crippen molar-refractivity contribution in [3.05, 3.63) is 42.1 Å². The first kappa shape index (κ1) is 17.5. The number of hydrogen-bond acceptors (Lipinski definition) is 5. The van der Waals surface area contributed by atoms with Gasteiger partial charge >= 0.3 is 0 Å². The molecule has 140 valence electrons. The maximum Gasteiger partial charge on any atom is 0.250 e. The fourth-order valence-corrected chi connectivity index (χ4v) is 3.60. The van der Waals surface area contributed by atoms with Crippen LogP contribution in [0.3, 0.4) is 0 Å². The number of nitrogens with one attached hydrogen (secondary N) is 1. The van der Waals surface area contributed by atoms with Crippen molar-refractivity contribution in [3.8, 4) is 11.4 Å². The van der Waals surface area contributed by atoms with Crippen LogP contribution in [0.1, 0.15) is 23.7 Å². The molecule has 1 aromatic carbocycles. The Morgan fingerprint density at radius 1 is 1.19 bits per heavy atom. The highest BCUT2D eigenvalue weighted by molar-refractivity contribution is 6.04. The van der Waals surface area contributed by atoms with Crippen molar-refractivity contribution >= 4 is 22.8 Å². The molecular weight excluding hydrogens is 340 g/mol. The number of nitrogens with two attached hydrogens (primary N) is 1. The van der Waals surface area contributed by atoms with Gasteiger partial charge in [0.15, 0.2) is 0 Å². The summed E-state index contributed by atoms with van der Waals surface area (Å²) in [6, 6.07) is 9.42. The topological polar surface area (TPSA) is 91.1 Å². The number of carbonyl (C=O) groups is 1. The number of aromatic nitrogens is 3. The lowest BCUT2D eigenvalue weighted by atomic mass is 10.2. The van der Waals surface area contributed by atoms with E-state index in [0.29, 0.717) is 16.9 Å². The summed E-state index contributed by atoms with van der Waals surface area (Å²) < 4.78 is 0. The number of rotatable bonds is 5. The van der Waals surface area contributed by atoms with Crippen LogP contribution in [-0.4, -0.2) is 58.5 Å². The Labute approximate surface area is 158 Å². The highest BCUT2D eigenvalue weighted by atomic mass is 16.1. The van der Waals surface area contributed by atoms with Gasteiger partial charge in [0, 0.05) is 37.9 Å². The van der Waals surface area contributed by atoms with Crippen LogP contribution in [0, 0.1) is 0 Å². The van der Waals surface area contributed by atoms with Gasteiger partial charge in [-0.3, -0.25) is 9.69 Å². The number of amides is 1. The average molecular weight is 364 g/mol. The molecule has 1 fully saturated rings. The second-order valence-electron chi connectivity index (χ2n) is 6.89. The molecule has 3 aromatic rings. The minimum absolute atomic E-state index is 0.421. The SMILES string of the molecule is CCCN1CCN(c2ccc(-c3nc4c(C(N)=O)cccc4[nH]3)cn2)CC1. The van der Waals surface area contributed by atoms with E-state index < -0.39 is 5.91 Å². The number of aromatic amines is 1. The summed E-state index contributed by atoms with van der Waals surface area (Å²) in [5, 5.41) is 0. The molecule has 0 aliphatic carbocycles. The van der Waals surface area contributed by atoms with Crippen molar-refractivity contribution in [2.75, 3.05) is 37.6 Å². The molecule has 1 amide bonds. The number of H-pyrrole nitrogens is 1. The molecule has 0 bridgehead atoms. The van der Waals surface area contributed by atoms with Crippen molar-refractivity contribution in [2.24, 2.45) is 5.73 Å². The van der Waals surface area contributed by atoms with E-state index in [1.807, 2.05) is 24.4 Å². The lowest BCUT2D eigenvalue weighted by Crippen LogP contribution is -2.46. The van der Waals surface area contributed by atoms with Crippen LogP contribution in [0.15, 0.2) is 36.5 Å². The summed E-state index contributed by atoms with van der Waals surface area (Å²) in [6.07, 6.45) is 3.03. The largest absolute Gasteiger partial charge is 0.366 e. The number of carbonyl (C=O) groups excluding carboxylic acids is 1. The quantitative estimate of drug-likeness (QED) is 0.725. The van der Waals surface area contributed by atoms with Crippen molar-refractivity contribution < 1.29 is 4.79 Å². The number of hydrogen-bond donors (Lipinski definition) is 2. The van der Waals surface area contributed by atoms with Gasteiger partial charge < -0.3 is 15.6 Å². The van der Waals surface area contributed by atoms with Crippen molar-refractivity contribution in [3.63, 3.8) is 0 Å². The molecule has 3 N–H and O–H groups in total. The van der Waals surface area contributed by atoms with Crippen LogP contribution in [0.4, 0.5) is 5.82 Å². The second-order valence-corrected chi connectivity index (χ2v) is 6.89. The number of pyridine rings is 1. The zero-order chi connectivity index (χ0) is 18.8. The average Bonchev–Trinajstić information content (AvgIpc) is 3.13. The van der Waals surface area contributed by atoms with E-state index in [1.165, 1.54) is 13.0 Å². The van der Waals surface area contributed by atoms with Gasteiger partial charge in [0.1, 0.15) is 17.2 Å². The molecule has 1 aliphatic heterocycles. The van der Waals surface area contributed by atoms with Gasteiger partial charge in [0.25, 0.3) is 5.91 Å². The highest BCUT2D eigenvalue weighted by Gasteiger charge is 2.18. The Hall–Kier alpha value is -2.93. The second kappa shape index (κ2) is 7.36. The van der Waals surface area contributed by atoms with Crippen molar-refractivity contribution in [2.45, 2.75) is 13.3 Å². The highest BCUT2D eigenvalue weighted by Crippen LogP contribution is 2.24. The monoisotopic (exact) mass is 364 g/mol. The van der Waals surface area contributed by atoms with E-state index in [1.54, 1.807) is 12.1 Å². The first-order chi connectivity index (χ1) is 13.2. The van der Waals surface area contributed by atoms with Crippen LogP contribution >= 0.6 is 0 Å². The van der Waals surface area contributed by atoms with Gasteiger partial charge in [-0.05, 0) is 37.2 Å². The molecule has 0 atom stereocenters. The van der Waals surface area contributed by atoms with Crippen molar-refractivity contribution in [1.29, 1.82) is 0 Å². The zero-order valence-corrected chi connectivity index (χ0v) is 15.5. The number of fused-ring (bicyclic) bond motifs is 1. The van der Waals surface area contributed by atoms with Crippen LogP contribution in [-0.2, 0) is 0 Å². The van der Waals surface area contributed by atoms with Crippen LogP contribution in [0.5, 0.6) is 0 Å². The number of primary amides is 1. The summed E-state index contributed by atoms with van der Waals surface area (Å²) in [4.78, 5) is 28.8. The molecule has 27 heavy (non-hydrogen) atoms. The Bertz CT molecular complexity index is 941. The maximum atomic E-state index is 11.6. The van der Waals surface area contributed by atoms with E-state index in [0.717, 1.165) is 43.1 Å². The van der Waals surface area contributed by atoms with Gasteiger partial charge in [0.05, 0.1) is 11.1 Å². The molecule has 1 aliphatic rings. The fourth-order valence-electron chi connectivity index (χ4n) is 3.60. The van der Waals surface area contributed by atoms with E-state index >= 15 is 0 Å². The smallest absolute Gasteiger partial charge is 0.250 e. The third-order valence-electron chi connectivity index (χ3n) is 5.04. The predicted octanol–water partition coefficient (Wildman–Crippen LogP) is 2.26. The molecule has 0 spiro atoms. The zero-order valence-electron chi connectivity index (χ0n) is 15.5. The van der Waals surface area contributed by atoms with E-state index in [-0.39, 0.29) is 0 Å². The fraction of sp³-hybridized carbons (Fsp3) is 0.350. The normalized spacial score (nSPS) is 15.4. The predicted molar refractivity (Wildman–Crippen MR) is 107 cm³/mol. The molecule has 0 radical (unpaired) electrons. The first-order valence-corrected chi connectivity index (χ1v) is 9.38. The third kappa shape index (κ3) is 3.50. The molecule has 3 heterocycles. The number of para-hydroxylation sites is 1. The molecule has 0 saturated carbocycles. The van der Waals surface area contributed by atoms with Crippen molar-refractivity contribution in [1.82, 2.24) is 19.9 Å². The van der Waals surface area contributed by atoms with E-state index in [9.17, 15) is 4.79 Å². The number of benzene rings is 1. The molecule has 4 rings (SSSR count). The summed E-state index contributed by atoms with van der Waals surface area (Å²) in [7, 11) is 0. The van der Waals surface area contributed by atoms with Crippen LogP contribution in [0.25, 0.3) is 22.4 Å². The number of anilines is 1. The molecule has 2 aromatic heterocycles. The Balaban J connectivity index is 1.54. The summed E-state index contributed by atoms with van der Waals surface area (Å²) >= 11 is 0. The molecule has 7 nitrogen and oxygen atoms in total. The number of piperazine rings is 1. The third-order valence-corrected chi connectivity index (χ3v) is 5.04. The summed E-state index contributed by atoms with van der Waals surface area (Å²) in [5.74, 6) is 1.20. The Morgan fingerprint density at radius 3 is 2.67 bits per heavy atom. The Kier molecular flexibility index (Phi) is 4.77. The van der Waals surface area contributed by atoms with Gasteiger partial charge in [-0.2, -0.15) is 0 Å². The molecule has 7 heteroatoms. The van der Waals surface area contributed by atoms with Gasteiger partial charge in [-0.1, -0.05) is 13.0 Å². The summed E-state index contributed by atoms with van der Waals surface area (Å²) in [6.45, 7) is 7.54. The van der Waals surface area contributed by atoms with Gasteiger partial charge in [-0.15, -0.1) is 0 Å². The number of imidazole rings is 1.